The van der Waals surface area contributed by atoms with Crippen molar-refractivity contribution >= 4 is 22.8 Å². The highest BCUT2D eigenvalue weighted by atomic mass is 16.5. The molecule has 0 aliphatic rings. The number of carboxylic acids is 1. The molecule has 1 amide bonds. The van der Waals surface area contributed by atoms with Crippen LogP contribution in [0.2, 0.25) is 0 Å². The van der Waals surface area contributed by atoms with E-state index in [9.17, 15) is 20.0 Å². The molecule has 0 unspecified atom stereocenters. The van der Waals surface area contributed by atoms with Crippen molar-refractivity contribution in [2.75, 3.05) is 13.7 Å². The molecule has 142 valence electrons. The molecule has 3 aromatic rings. The number of nitriles is 1. The van der Waals surface area contributed by atoms with Crippen molar-refractivity contribution in [3.05, 3.63) is 53.5 Å². The molecule has 0 aliphatic carbocycles. The molecule has 0 spiro atoms. The molecular formula is C19H16N4O5. The first-order valence-electron chi connectivity index (χ1n) is 8.19. The van der Waals surface area contributed by atoms with E-state index in [1.165, 1.54) is 0 Å². The molecule has 0 saturated carbocycles. The van der Waals surface area contributed by atoms with Gasteiger partial charge in [0.2, 0.25) is 0 Å². The van der Waals surface area contributed by atoms with Gasteiger partial charge in [-0.25, -0.2) is 4.98 Å². The Labute approximate surface area is 159 Å². The van der Waals surface area contributed by atoms with Gasteiger partial charge in [0.15, 0.2) is 17.1 Å². The number of benzene rings is 1. The lowest BCUT2D eigenvalue weighted by molar-refractivity contribution is -0.135. The number of fused-ring (bicyclic) bond motifs is 1. The molecule has 0 atom stereocenters. The van der Waals surface area contributed by atoms with E-state index >= 15 is 0 Å². The Morgan fingerprint density at radius 2 is 2.00 bits per heavy atom. The number of aliphatic carboxylic acids is 1. The van der Waals surface area contributed by atoms with Gasteiger partial charge in [0, 0.05) is 18.1 Å². The zero-order valence-electron chi connectivity index (χ0n) is 14.8. The Morgan fingerprint density at radius 3 is 2.61 bits per heavy atom. The smallest absolute Gasteiger partial charge is 0.322 e. The number of carboxylic acid groups (broad SMARTS) is 1. The minimum Gasteiger partial charge on any atom is -0.505 e. The quantitative estimate of drug-likeness (QED) is 0.589. The lowest BCUT2D eigenvalue weighted by atomic mass is 10.1. The van der Waals surface area contributed by atoms with Crippen molar-refractivity contribution in [2.45, 2.75) is 6.54 Å². The fourth-order valence-corrected chi connectivity index (χ4v) is 2.81. The van der Waals surface area contributed by atoms with Gasteiger partial charge < -0.3 is 24.8 Å². The topological polar surface area (TPSA) is 137 Å². The monoisotopic (exact) mass is 380 g/mol. The number of nitrogens with one attached hydrogen (secondary N) is 1. The van der Waals surface area contributed by atoms with Crippen molar-refractivity contribution in [1.29, 1.82) is 5.26 Å². The third kappa shape index (κ3) is 3.57. The average molecular weight is 380 g/mol. The number of carbonyl (C=O) groups excluding carboxylic acids is 1. The summed E-state index contributed by atoms with van der Waals surface area (Å²) in [6.45, 7) is -0.216. The van der Waals surface area contributed by atoms with E-state index in [1.807, 2.05) is 30.3 Å². The van der Waals surface area contributed by atoms with E-state index in [2.05, 4.69) is 10.3 Å². The first kappa shape index (κ1) is 18.7. The van der Waals surface area contributed by atoms with E-state index in [1.54, 1.807) is 23.9 Å². The standard InChI is InChI=1S/C19H16N4O5/c1-28-12-4-2-11(3-5-12)10-23-7-6-13-17(23)14(8-20)22-16(18(13)26)19(27)21-9-15(24)25/h2-7,26H,9-10H2,1H3,(H,21,27)(H,24,25). The minimum absolute atomic E-state index is 0.0493. The largest absolute Gasteiger partial charge is 0.505 e. The second-order valence-corrected chi connectivity index (χ2v) is 5.90. The van der Waals surface area contributed by atoms with Crippen molar-refractivity contribution in [3.63, 3.8) is 0 Å². The van der Waals surface area contributed by atoms with Gasteiger partial charge in [0.1, 0.15) is 18.4 Å². The number of amides is 1. The summed E-state index contributed by atoms with van der Waals surface area (Å²) in [5, 5.41) is 31.0. The number of rotatable bonds is 6. The van der Waals surface area contributed by atoms with Gasteiger partial charge in [-0.15, -0.1) is 0 Å². The fraction of sp³-hybridized carbons (Fsp3) is 0.158. The predicted octanol–water partition coefficient (Wildman–Crippen LogP) is 1.48. The zero-order chi connectivity index (χ0) is 20.3. The van der Waals surface area contributed by atoms with Crippen LogP contribution < -0.4 is 10.1 Å². The number of ether oxygens (including phenoxy) is 1. The second-order valence-electron chi connectivity index (χ2n) is 5.90. The van der Waals surface area contributed by atoms with Crippen LogP contribution in [0.4, 0.5) is 0 Å². The van der Waals surface area contributed by atoms with Crippen LogP contribution in [0.1, 0.15) is 21.7 Å². The molecule has 0 fully saturated rings. The first-order valence-corrected chi connectivity index (χ1v) is 8.19. The van der Waals surface area contributed by atoms with Crippen molar-refractivity contribution in [3.8, 4) is 17.6 Å². The lowest BCUT2D eigenvalue weighted by Crippen LogP contribution is -2.30. The number of carbonyl (C=O) groups is 2. The number of aromatic nitrogens is 2. The summed E-state index contributed by atoms with van der Waals surface area (Å²) < 4.78 is 6.87. The van der Waals surface area contributed by atoms with Gasteiger partial charge in [-0.3, -0.25) is 9.59 Å². The minimum atomic E-state index is -1.24. The Kier molecular flexibility index (Phi) is 5.13. The molecule has 3 rings (SSSR count). The fourth-order valence-electron chi connectivity index (χ4n) is 2.81. The van der Waals surface area contributed by atoms with Crippen LogP contribution in [-0.4, -0.2) is 45.3 Å². The molecular weight excluding hydrogens is 364 g/mol. The summed E-state index contributed by atoms with van der Waals surface area (Å²) in [6, 6.07) is 10.9. The summed E-state index contributed by atoms with van der Waals surface area (Å²) in [4.78, 5) is 26.7. The van der Waals surface area contributed by atoms with Gasteiger partial charge in [-0.1, -0.05) is 12.1 Å². The summed E-state index contributed by atoms with van der Waals surface area (Å²) in [7, 11) is 1.58. The van der Waals surface area contributed by atoms with Crippen molar-refractivity contribution in [1.82, 2.24) is 14.9 Å². The molecule has 0 bridgehead atoms. The van der Waals surface area contributed by atoms with E-state index in [-0.39, 0.29) is 11.1 Å². The molecule has 2 heterocycles. The average Bonchev–Trinajstić information content (AvgIpc) is 3.11. The van der Waals surface area contributed by atoms with Gasteiger partial charge in [0.05, 0.1) is 12.6 Å². The van der Waals surface area contributed by atoms with Crippen molar-refractivity contribution < 1.29 is 24.5 Å². The zero-order valence-corrected chi connectivity index (χ0v) is 14.8. The third-order valence-electron chi connectivity index (χ3n) is 4.12. The maximum atomic E-state index is 12.1. The van der Waals surface area contributed by atoms with E-state index < -0.39 is 29.9 Å². The van der Waals surface area contributed by atoms with Crippen LogP contribution in [0.3, 0.4) is 0 Å². The van der Waals surface area contributed by atoms with Gasteiger partial charge in [-0.05, 0) is 23.8 Å². The third-order valence-corrected chi connectivity index (χ3v) is 4.12. The molecule has 9 heteroatoms. The molecule has 28 heavy (non-hydrogen) atoms. The molecule has 2 aromatic heterocycles. The highest BCUT2D eigenvalue weighted by molar-refractivity contribution is 6.03. The summed E-state index contributed by atoms with van der Waals surface area (Å²) in [5.74, 6) is -1.80. The highest BCUT2D eigenvalue weighted by Gasteiger charge is 2.21. The first-order chi connectivity index (χ1) is 13.4. The van der Waals surface area contributed by atoms with Crippen LogP contribution >= 0.6 is 0 Å². The molecule has 0 aliphatic heterocycles. The van der Waals surface area contributed by atoms with Crippen LogP contribution in [0, 0.1) is 11.3 Å². The highest BCUT2D eigenvalue weighted by Crippen LogP contribution is 2.31. The Hall–Kier alpha value is -4.06. The number of pyridine rings is 1. The van der Waals surface area contributed by atoms with Crippen molar-refractivity contribution in [2.24, 2.45) is 0 Å². The lowest BCUT2D eigenvalue weighted by Gasteiger charge is -2.10. The number of nitrogens with zero attached hydrogens (tertiary/aromatic N) is 3. The molecule has 0 saturated heterocycles. The summed E-state index contributed by atoms with van der Waals surface area (Å²) in [5.41, 5.74) is 0.870. The maximum Gasteiger partial charge on any atom is 0.322 e. The second kappa shape index (κ2) is 7.67. The maximum absolute atomic E-state index is 12.1. The number of aromatic hydroxyl groups is 1. The van der Waals surface area contributed by atoms with E-state index in [0.717, 1.165) is 11.3 Å². The van der Waals surface area contributed by atoms with Crippen LogP contribution in [0.25, 0.3) is 10.9 Å². The molecule has 9 nitrogen and oxygen atoms in total. The van der Waals surface area contributed by atoms with Gasteiger partial charge in [-0.2, -0.15) is 5.26 Å². The molecule has 3 N–H and O–H groups in total. The Morgan fingerprint density at radius 1 is 1.29 bits per heavy atom. The summed E-state index contributed by atoms with van der Waals surface area (Å²) in [6.07, 6.45) is 1.68. The summed E-state index contributed by atoms with van der Waals surface area (Å²) >= 11 is 0. The Balaban J connectivity index is 2.01. The van der Waals surface area contributed by atoms with Gasteiger partial charge >= 0.3 is 5.97 Å². The van der Waals surface area contributed by atoms with E-state index in [0.29, 0.717) is 12.1 Å². The van der Waals surface area contributed by atoms with Crippen LogP contribution in [-0.2, 0) is 11.3 Å². The van der Waals surface area contributed by atoms with Crippen LogP contribution in [0.15, 0.2) is 36.5 Å². The molecule has 1 aromatic carbocycles. The number of hydrogen-bond acceptors (Lipinski definition) is 6. The van der Waals surface area contributed by atoms with E-state index in [4.69, 9.17) is 9.84 Å². The van der Waals surface area contributed by atoms with Gasteiger partial charge in [0.25, 0.3) is 5.91 Å². The predicted molar refractivity (Wildman–Crippen MR) is 98.2 cm³/mol. The number of hydrogen-bond donors (Lipinski definition) is 3. The van der Waals surface area contributed by atoms with Crippen LogP contribution in [0.5, 0.6) is 11.5 Å². The SMILES string of the molecule is COc1ccc(Cn2ccc3c(O)c(C(=O)NCC(=O)O)nc(C#N)c32)cc1. The molecule has 0 radical (unpaired) electrons. The normalized spacial score (nSPS) is 10.4. The number of methoxy groups -OCH3 is 1. The Bertz CT molecular complexity index is 1100.